The van der Waals surface area contributed by atoms with Crippen LogP contribution in [0.3, 0.4) is 0 Å². The largest absolute Gasteiger partial charge is 0.412 e. The highest BCUT2D eigenvalue weighted by Gasteiger charge is 2.38. The number of fused-ring (bicyclic) bond motifs is 1. The minimum Gasteiger partial charge on any atom is -0.412 e. The molecular weight excluding hydrogens is 346 g/mol. The molecule has 4 nitrogen and oxygen atoms in total. The Morgan fingerprint density at radius 1 is 1.33 bits per heavy atom. The van der Waals surface area contributed by atoms with E-state index in [4.69, 9.17) is 4.43 Å². The average Bonchev–Trinajstić information content (AvgIpc) is 2.67. The first-order valence-electron chi connectivity index (χ1n) is 7.25. The van der Waals surface area contributed by atoms with Crippen LogP contribution in [0.2, 0.25) is 18.1 Å². The molecule has 0 saturated carbocycles. The molecule has 0 aliphatic heterocycles. The highest BCUT2D eigenvalue weighted by atomic mass is 79.9. The Hall–Kier alpha value is -0.723. The molecule has 6 heteroatoms. The summed E-state index contributed by atoms with van der Waals surface area (Å²) in [7, 11) is -1.73. The molecule has 0 aliphatic carbocycles. The van der Waals surface area contributed by atoms with Crippen molar-refractivity contribution in [3.8, 4) is 0 Å². The summed E-state index contributed by atoms with van der Waals surface area (Å²) in [5, 5.41) is 4.79. The predicted molar refractivity (Wildman–Crippen MR) is 93.0 cm³/mol. The topological polar surface area (TPSA) is 39.9 Å². The van der Waals surface area contributed by atoms with Crippen molar-refractivity contribution >= 4 is 35.3 Å². The number of pyridine rings is 1. The van der Waals surface area contributed by atoms with E-state index in [1.54, 1.807) is 6.20 Å². The monoisotopic (exact) mass is 369 g/mol. The number of rotatable bonds is 4. The van der Waals surface area contributed by atoms with E-state index in [0.29, 0.717) is 0 Å². The van der Waals surface area contributed by atoms with Crippen molar-refractivity contribution in [2.24, 2.45) is 0 Å². The molecule has 0 saturated heterocycles. The lowest BCUT2D eigenvalue weighted by Crippen LogP contribution is -2.44. The average molecular weight is 370 g/mol. The van der Waals surface area contributed by atoms with E-state index >= 15 is 0 Å². The van der Waals surface area contributed by atoms with Crippen molar-refractivity contribution in [1.82, 2.24) is 14.8 Å². The predicted octanol–water partition coefficient (Wildman–Crippen LogP) is 4.60. The van der Waals surface area contributed by atoms with Crippen LogP contribution in [-0.4, -0.2) is 29.2 Å². The molecule has 2 aromatic rings. The summed E-state index contributed by atoms with van der Waals surface area (Å²) >= 11 is 3.42. The summed E-state index contributed by atoms with van der Waals surface area (Å²) < 4.78 is 9.26. The molecule has 2 rings (SSSR count). The van der Waals surface area contributed by atoms with Crippen LogP contribution in [0, 0.1) is 0 Å². The van der Waals surface area contributed by atoms with Crippen molar-refractivity contribution in [2.75, 3.05) is 0 Å². The Morgan fingerprint density at radius 3 is 2.62 bits per heavy atom. The van der Waals surface area contributed by atoms with E-state index in [1.807, 2.05) is 16.9 Å². The zero-order chi connectivity index (χ0) is 15.8. The maximum atomic E-state index is 6.37. The maximum absolute atomic E-state index is 6.37. The quantitative estimate of drug-likeness (QED) is 0.739. The highest BCUT2D eigenvalue weighted by Crippen LogP contribution is 2.37. The highest BCUT2D eigenvalue weighted by molar-refractivity contribution is 9.10. The molecule has 116 valence electrons. The van der Waals surface area contributed by atoms with Gasteiger partial charge in [-0.25, -0.2) is 0 Å². The van der Waals surface area contributed by atoms with Crippen LogP contribution in [-0.2, 0) is 11.0 Å². The molecule has 0 aliphatic rings. The Morgan fingerprint density at radius 2 is 2.00 bits per heavy atom. The first-order valence-corrected chi connectivity index (χ1v) is 11.0. The van der Waals surface area contributed by atoms with Gasteiger partial charge >= 0.3 is 0 Å². The van der Waals surface area contributed by atoms with Crippen LogP contribution in [0.15, 0.2) is 22.9 Å². The van der Waals surface area contributed by atoms with E-state index in [1.165, 1.54) is 0 Å². The third-order valence-electron chi connectivity index (χ3n) is 4.12. The van der Waals surface area contributed by atoms with Gasteiger partial charge in [-0.1, -0.05) is 20.8 Å². The van der Waals surface area contributed by atoms with Crippen molar-refractivity contribution < 1.29 is 4.43 Å². The van der Waals surface area contributed by atoms with Crippen molar-refractivity contribution in [2.45, 2.75) is 58.5 Å². The summed E-state index contributed by atoms with van der Waals surface area (Å²) in [6.07, 6.45) is 3.92. The molecule has 0 N–H and O–H groups in total. The number of halogens is 1. The minimum absolute atomic E-state index is 0.142. The summed E-state index contributed by atoms with van der Waals surface area (Å²) in [5.41, 5.74) is 1.82. The van der Waals surface area contributed by atoms with Crippen molar-refractivity contribution in [1.29, 1.82) is 0 Å². The molecule has 0 aromatic carbocycles. The van der Waals surface area contributed by atoms with Crippen LogP contribution < -0.4 is 0 Å². The van der Waals surface area contributed by atoms with Crippen molar-refractivity contribution in [3.05, 3.63) is 22.9 Å². The summed E-state index contributed by atoms with van der Waals surface area (Å²) in [6, 6.07) is 1.98. The van der Waals surface area contributed by atoms with E-state index < -0.39 is 8.32 Å². The van der Waals surface area contributed by atoms with Gasteiger partial charge in [-0.3, -0.25) is 9.67 Å². The van der Waals surface area contributed by atoms with Crippen LogP contribution in [0.5, 0.6) is 0 Å². The third-order valence-corrected chi connectivity index (χ3v) is 9.16. The lowest BCUT2D eigenvalue weighted by atomic mass is 10.2. The maximum Gasteiger partial charge on any atom is 0.192 e. The first-order chi connectivity index (χ1) is 9.58. The molecule has 0 amide bonds. The Bertz CT molecular complexity index is 633. The van der Waals surface area contributed by atoms with Crippen molar-refractivity contribution in [3.63, 3.8) is 0 Å². The zero-order valence-corrected chi connectivity index (χ0v) is 16.2. The first kappa shape index (κ1) is 16.6. The summed E-state index contributed by atoms with van der Waals surface area (Å²) in [6.45, 7) is 14.2. The van der Waals surface area contributed by atoms with Crippen LogP contribution >= 0.6 is 15.9 Å². The van der Waals surface area contributed by atoms with E-state index in [-0.39, 0.29) is 11.1 Å². The second-order valence-electron chi connectivity index (χ2n) is 7.10. The van der Waals surface area contributed by atoms with Gasteiger partial charge in [-0.15, -0.1) is 0 Å². The Balaban J connectivity index is 2.09. The molecule has 0 spiro atoms. The van der Waals surface area contributed by atoms with Gasteiger partial charge < -0.3 is 4.43 Å². The number of hydrogen-bond donors (Lipinski definition) is 0. The summed E-state index contributed by atoms with van der Waals surface area (Å²) in [4.78, 5) is 4.36. The molecule has 0 radical (unpaired) electrons. The lowest BCUT2D eigenvalue weighted by molar-refractivity contribution is 0.174. The second kappa shape index (κ2) is 5.82. The fraction of sp³-hybridized carbons (Fsp3) is 0.600. The molecule has 0 bridgehead atoms. The molecule has 1 unspecified atom stereocenters. The SMILES string of the molecule is CC(Cn1cc2ncc(Br)cc2n1)O[Si](C)(C)C(C)(C)C. The van der Waals surface area contributed by atoms with Gasteiger partial charge in [-0.2, -0.15) is 5.10 Å². The normalized spacial score (nSPS) is 14.6. The van der Waals surface area contributed by atoms with Crippen LogP contribution in [0.1, 0.15) is 27.7 Å². The van der Waals surface area contributed by atoms with Gasteiger partial charge in [-0.05, 0) is 47.1 Å². The van der Waals surface area contributed by atoms with Gasteiger partial charge in [0.15, 0.2) is 8.32 Å². The summed E-state index contributed by atoms with van der Waals surface area (Å²) in [5.74, 6) is 0. The van der Waals surface area contributed by atoms with Gasteiger partial charge in [0.2, 0.25) is 0 Å². The molecule has 1 atom stereocenters. The van der Waals surface area contributed by atoms with Crippen LogP contribution in [0.25, 0.3) is 11.0 Å². The van der Waals surface area contributed by atoms with Gasteiger partial charge in [0.05, 0.1) is 18.8 Å². The number of nitrogens with zero attached hydrogens (tertiary/aromatic N) is 3. The number of hydrogen-bond acceptors (Lipinski definition) is 3. The molecule has 0 fully saturated rings. The molecule has 2 heterocycles. The Kier molecular flexibility index (Phi) is 4.61. The molecule has 2 aromatic heterocycles. The van der Waals surface area contributed by atoms with Gasteiger partial charge in [0, 0.05) is 10.7 Å². The van der Waals surface area contributed by atoms with Gasteiger partial charge in [0.1, 0.15) is 11.0 Å². The van der Waals surface area contributed by atoms with E-state index in [9.17, 15) is 0 Å². The van der Waals surface area contributed by atoms with E-state index in [0.717, 1.165) is 22.1 Å². The molecular formula is C15H24BrN3OSi. The third kappa shape index (κ3) is 3.93. The minimum atomic E-state index is -1.73. The fourth-order valence-corrected chi connectivity index (χ4v) is 3.75. The second-order valence-corrected chi connectivity index (χ2v) is 12.8. The lowest BCUT2D eigenvalue weighted by Gasteiger charge is -2.38. The van der Waals surface area contributed by atoms with Crippen LogP contribution in [0.4, 0.5) is 0 Å². The smallest absolute Gasteiger partial charge is 0.192 e. The fourth-order valence-electron chi connectivity index (χ4n) is 2.00. The van der Waals surface area contributed by atoms with E-state index in [2.05, 4.69) is 66.8 Å². The standard InChI is InChI=1S/C15H24BrN3OSi/c1-11(20-21(5,6)15(2,3)4)9-19-10-14-13(18-19)7-12(16)8-17-14/h7-8,10-11H,9H2,1-6H3. The number of aromatic nitrogens is 3. The molecule has 21 heavy (non-hydrogen) atoms. The zero-order valence-electron chi connectivity index (χ0n) is 13.6. The van der Waals surface area contributed by atoms with Gasteiger partial charge in [0.25, 0.3) is 0 Å². The Labute approximate surface area is 136 Å².